The molecule has 0 bridgehead atoms. The normalized spacial score (nSPS) is 11.2. The van der Waals surface area contributed by atoms with Crippen LogP contribution in [0.4, 0.5) is 5.69 Å². The van der Waals surface area contributed by atoms with Crippen molar-refractivity contribution in [3.05, 3.63) is 57.6 Å². The number of amides is 2. The van der Waals surface area contributed by atoms with Crippen molar-refractivity contribution in [2.45, 2.75) is 13.8 Å². The number of fused-ring (bicyclic) bond motifs is 1. The van der Waals surface area contributed by atoms with E-state index in [1.165, 1.54) is 36.4 Å². The molecule has 0 aliphatic heterocycles. The molecule has 2 amide bonds. The number of benzene rings is 2. The SMILES string of the molecule is CC(=O)N=NC(=O)c1ccc2c(O)n(-c3ccc([N+](=O)[O-])cc3C)c(O)c2c1. The standard InChI is InChI=1S/C18H14N4O6/c1-9-7-12(22(27)28)4-6-15(9)21-17(25)13-5-3-11(8-14(13)18(21)26)16(24)20-19-10(2)23/h3-8,25-26H,1-2H3. The molecule has 28 heavy (non-hydrogen) atoms. The van der Waals surface area contributed by atoms with E-state index in [-0.39, 0.29) is 33.8 Å². The Balaban J connectivity index is 2.15. The third-order valence-corrected chi connectivity index (χ3v) is 4.09. The number of aromatic nitrogens is 1. The number of aryl methyl sites for hydroxylation is 1. The second-order valence-electron chi connectivity index (χ2n) is 6.00. The lowest BCUT2D eigenvalue weighted by Gasteiger charge is -2.09. The highest BCUT2D eigenvalue weighted by atomic mass is 16.6. The Bertz CT molecular complexity index is 1180. The fourth-order valence-electron chi connectivity index (χ4n) is 2.80. The summed E-state index contributed by atoms with van der Waals surface area (Å²) in [5.41, 5.74) is 0.721. The predicted octanol–water partition coefficient (Wildman–Crippen LogP) is 3.40. The van der Waals surface area contributed by atoms with Gasteiger partial charge in [0.25, 0.3) is 17.5 Å². The molecule has 10 heteroatoms. The first-order valence-electron chi connectivity index (χ1n) is 7.99. The Labute approximate surface area is 157 Å². The van der Waals surface area contributed by atoms with Crippen LogP contribution in [0.3, 0.4) is 0 Å². The summed E-state index contributed by atoms with van der Waals surface area (Å²) in [4.78, 5) is 33.2. The summed E-state index contributed by atoms with van der Waals surface area (Å²) in [6, 6.07) is 8.06. The maximum Gasteiger partial charge on any atom is 0.295 e. The summed E-state index contributed by atoms with van der Waals surface area (Å²) in [6.07, 6.45) is 0. The van der Waals surface area contributed by atoms with Crippen LogP contribution in [0.1, 0.15) is 22.8 Å². The van der Waals surface area contributed by atoms with Crippen molar-refractivity contribution in [3.63, 3.8) is 0 Å². The molecule has 10 nitrogen and oxygen atoms in total. The van der Waals surface area contributed by atoms with Gasteiger partial charge in [0.15, 0.2) is 0 Å². The Morgan fingerprint density at radius 2 is 1.71 bits per heavy atom. The second-order valence-corrected chi connectivity index (χ2v) is 6.00. The van der Waals surface area contributed by atoms with Gasteiger partial charge in [-0.1, -0.05) is 0 Å². The van der Waals surface area contributed by atoms with E-state index in [0.717, 1.165) is 11.5 Å². The number of azo groups is 1. The topological polar surface area (TPSA) is 147 Å². The van der Waals surface area contributed by atoms with Crippen molar-refractivity contribution in [2.75, 3.05) is 0 Å². The molecule has 142 valence electrons. The summed E-state index contributed by atoms with van der Waals surface area (Å²) >= 11 is 0. The summed E-state index contributed by atoms with van der Waals surface area (Å²) in [7, 11) is 0. The number of rotatable bonds is 3. The Morgan fingerprint density at radius 1 is 1.04 bits per heavy atom. The van der Waals surface area contributed by atoms with E-state index >= 15 is 0 Å². The van der Waals surface area contributed by atoms with Crippen LogP contribution in [0.2, 0.25) is 0 Å². The number of nitro benzene ring substituents is 1. The monoisotopic (exact) mass is 382 g/mol. The van der Waals surface area contributed by atoms with Crippen LogP contribution in [0, 0.1) is 17.0 Å². The third kappa shape index (κ3) is 3.18. The lowest BCUT2D eigenvalue weighted by molar-refractivity contribution is -0.384. The van der Waals surface area contributed by atoms with Gasteiger partial charge in [0.1, 0.15) is 0 Å². The summed E-state index contributed by atoms with van der Waals surface area (Å²) < 4.78 is 1.12. The highest BCUT2D eigenvalue weighted by Crippen LogP contribution is 2.40. The van der Waals surface area contributed by atoms with E-state index < -0.39 is 16.7 Å². The number of aromatic hydroxyl groups is 2. The fraction of sp³-hybridized carbons (Fsp3) is 0.111. The first kappa shape index (κ1) is 18.7. The van der Waals surface area contributed by atoms with Crippen molar-refractivity contribution in [3.8, 4) is 17.4 Å². The molecule has 1 aromatic heterocycles. The molecule has 0 fully saturated rings. The van der Waals surface area contributed by atoms with Crippen molar-refractivity contribution < 1.29 is 24.7 Å². The second kappa shape index (κ2) is 6.91. The number of non-ortho nitro benzene ring substituents is 1. The number of hydrogen-bond acceptors (Lipinski definition) is 6. The molecular formula is C18H14N4O6. The number of carbonyl (C=O) groups is 2. The average molecular weight is 382 g/mol. The Hall–Kier alpha value is -4.08. The van der Waals surface area contributed by atoms with E-state index in [0.29, 0.717) is 11.3 Å². The lowest BCUT2D eigenvalue weighted by atomic mass is 10.1. The molecule has 0 aliphatic carbocycles. The Kier molecular flexibility index (Phi) is 4.62. The smallest absolute Gasteiger partial charge is 0.295 e. The number of nitro groups is 1. The van der Waals surface area contributed by atoms with Crippen molar-refractivity contribution >= 4 is 28.3 Å². The molecule has 3 aromatic rings. The average Bonchev–Trinajstić information content (AvgIpc) is 2.90. The van der Waals surface area contributed by atoms with Gasteiger partial charge < -0.3 is 10.2 Å². The highest BCUT2D eigenvalue weighted by Gasteiger charge is 2.21. The molecule has 1 heterocycles. The van der Waals surface area contributed by atoms with Gasteiger partial charge in [0.05, 0.1) is 10.6 Å². The van der Waals surface area contributed by atoms with E-state index in [1.54, 1.807) is 6.92 Å². The number of carbonyl (C=O) groups excluding carboxylic acids is 2. The molecule has 2 aromatic carbocycles. The zero-order valence-electron chi connectivity index (χ0n) is 14.8. The molecule has 0 aliphatic rings. The van der Waals surface area contributed by atoms with Crippen molar-refractivity contribution in [2.24, 2.45) is 10.2 Å². The van der Waals surface area contributed by atoms with E-state index in [4.69, 9.17) is 0 Å². The van der Waals surface area contributed by atoms with E-state index in [2.05, 4.69) is 10.2 Å². The lowest BCUT2D eigenvalue weighted by Crippen LogP contribution is -1.97. The quantitative estimate of drug-likeness (QED) is 0.403. The zero-order chi connectivity index (χ0) is 20.6. The molecule has 0 saturated carbocycles. The van der Waals surface area contributed by atoms with Gasteiger partial charge in [-0.25, -0.2) is 0 Å². The molecule has 2 N–H and O–H groups in total. The van der Waals surface area contributed by atoms with Gasteiger partial charge >= 0.3 is 0 Å². The predicted molar refractivity (Wildman–Crippen MR) is 97.9 cm³/mol. The maximum absolute atomic E-state index is 12.0. The summed E-state index contributed by atoms with van der Waals surface area (Å²) in [5.74, 6) is -2.07. The van der Waals surface area contributed by atoms with Crippen LogP contribution in [0.25, 0.3) is 16.5 Å². The first-order chi connectivity index (χ1) is 13.2. The Morgan fingerprint density at radius 3 is 2.32 bits per heavy atom. The minimum Gasteiger partial charge on any atom is -0.494 e. The van der Waals surface area contributed by atoms with Gasteiger partial charge in [-0.2, -0.15) is 0 Å². The van der Waals surface area contributed by atoms with Crippen LogP contribution in [0.15, 0.2) is 46.6 Å². The number of hydrogen-bond donors (Lipinski definition) is 2. The summed E-state index contributed by atoms with van der Waals surface area (Å²) in [5, 5.41) is 38.9. The van der Waals surface area contributed by atoms with Gasteiger partial charge in [0, 0.05) is 35.4 Å². The van der Waals surface area contributed by atoms with Gasteiger partial charge in [-0.15, -0.1) is 10.2 Å². The van der Waals surface area contributed by atoms with Crippen molar-refractivity contribution in [1.29, 1.82) is 0 Å². The largest absolute Gasteiger partial charge is 0.494 e. The van der Waals surface area contributed by atoms with Gasteiger partial charge in [0.2, 0.25) is 11.8 Å². The zero-order valence-corrected chi connectivity index (χ0v) is 14.8. The minimum absolute atomic E-state index is 0.0605. The summed E-state index contributed by atoms with van der Waals surface area (Å²) in [6.45, 7) is 2.75. The minimum atomic E-state index is -0.782. The van der Waals surface area contributed by atoms with Crippen LogP contribution >= 0.6 is 0 Å². The molecule has 3 rings (SSSR count). The van der Waals surface area contributed by atoms with Crippen LogP contribution in [-0.2, 0) is 4.79 Å². The number of nitrogens with zero attached hydrogens (tertiary/aromatic N) is 4. The molecule has 0 atom stereocenters. The van der Waals surface area contributed by atoms with Crippen LogP contribution in [0.5, 0.6) is 11.8 Å². The van der Waals surface area contributed by atoms with Crippen molar-refractivity contribution in [1.82, 2.24) is 4.57 Å². The van der Waals surface area contributed by atoms with Gasteiger partial charge in [-0.3, -0.25) is 24.3 Å². The molecule has 0 saturated heterocycles. The molecule has 0 unspecified atom stereocenters. The maximum atomic E-state index is 12.0. The third-order valence-electron chi connectivity index (χ3n) is 4.09. The van der Waals surface area contributed by atoms with E-state index in [1.807, 2.05) is 0 Å². The fourth-order valence-corrected chi connectivity index (χ4v) is 2.80. The molecule has 0 radical (unpaired) electrons. The molecular weight excluding hydrogens is 368 g/mol. The molecule has 0 spiro atoms. The first-order valence-corrected chi connectivity index (χ1v) is 7.99. The van der Waals surface area contributed by atoms with Crippen LogP contribution in [-0.4, -0.2) is 31.5 Å². The van der Waals surface area contributed by atoms with Crippen LogP contribution < -0.4 is 0 Å². The van der Waals surface area contributed by atoms with E-state index in [9.17, 15) is 29.9 Å². The van der Waals surface area contributed by atoms with Gasteiger partial charge in [-0.05, 0) is 36.8 Å². The highest BCUT2D eigenvalue weighted by molar-refractivity contribution is 6.02.